The Kier molecular flexibility index (Phi) is 3.71. The molecule has 1 unspecified atom stereocenters. The van der Waals surface area contributed by atoms with Crippen molar-refractivity contribution in [2.45, 2.75) is 39.0 Å². The van der Waals surface area contributed by atoms with Gasteiger partial charge < -0.3 is 10.4 Å². The van der Waals surface area contributed by atoms with E-state index in [9.17, 15) is 5.11 Å². The minimum absolute atomic E-state index is 0.203. The molecule has 78 valence electrons. The second-order valence-corrected chi connectivity index (χ2v) is 4.44. The van der Waals surface area contributed by atoms with Crippen LogP contribution in [0.2, 0.25) is 0 Å². The smallest absolute Gasteiger partial charge is 0.0831 e. The molecule has 3 heteroatoms. The number of nitrogens with one attached hydrogen (secondary N) is 1. The van der Waals surface area contributed by atoms with Crippen LogP contribution in [0.4, 0.5) is 0 Å². The fraction of sp³-hybridized carbons (Fsp3) is 1.00. The first-order chi connectivity index (χ1) is 6.04. The molecule has 0 bridgehead atoms. The van der Waals surface area contributed by atoms with E-state index in [4.69, 9.17) is 0 Å². The highest BCUT2D eigenvalue weighted by molar-refractivity contribution is 4.89. The lowest BCUT2D eigenvalue weighted by Crippen LogP contribution is -2.47. The lowest BCUT2D eigenvalue weighted by molar-refractivity contribution is 0.0645. The summed E-state index contributed by atoms with van der Waals surface area (Å²) in [6.45, 7) is 8.30. The molecule has 3 atom stereocenters. The average Bonchev–Trinajstić information content (AvgIpc) is 2.48. The monoisotopic (exact) mass is 186 g/mol. The fourth-order valence-electron chi connectivity index (χ4n) is 1.84. The van der Waals surface area contributed by atoms with Gasteiger partial charge in [0.1, 0.15) is 0 Å². The Morgan fingerprint density at radius 3 is 2.31 bits per heavy atom. The highest BCUT2D eigenvalue weighted by atomic mass is 16.3. The second-order valence-electron chi connectivity index (χ2n) is 4.44. The molecular formula is C10H22N2O. The van der Waals surface area contributed by atoms with Gasteiger partial charge in [-0.05, 0) is 19.9 Å². The number of aliphatic hydroxyl groups excluding tert-OH is 1. The van der Waals surface area contributed by atoms with Crippen molar-refractivity contribution in [2.24, 2.45) is 5.92 Å². The van der Waals surface area contributed by atoms with E-state index in [-0.39, 0.29) is 12.1 Å². The summed E-state index contributed by atoms with van der Waals surface area (Å²) >= 11 is 0. The molecule has 2 N–H and O–H groups in total. The van der Waals surface area contributed by atoms with Gasteiger partial charge in [-0.25, -0.2) is 0 Å². The van der Waals surface area contributed by atoms with E-state index in [1.165, 1.54) is 0 Å². The van der Waals surface area contributed by atoms with Crippen molar-refractivity contribution in [3.05, 3.63) is 0 Å². The molecule has 1 fully saturated rings. The molecule has 0 aromatic carbocycles. The summed E-state index contributed by atoms with van der Waals surface area (Å²) in [5, 5.41) is 12.9. The van der Waals surface area contributed by atoms with Crippen LogP contribution in [-0.2, 0) is 0 Å². The summed E-state index contributed by atoms with van der Waals surface area (Å²) in [6, 6.07) is 0.817. The predicted molar refractivity (Wildman–Crippen MR) is 54.7 cm³/mol. The van der Waals surface area contributed by atoms with Gasteiger partial charge in [0.25, 0.3) is 0 Å². The van der Waals surface area contributed by atoms with Gasteiger partial charge in [-0.15, -0.1) is 0 Å². The molecule has 1 heterocycles. The van der Waals surface area contributed by atoms with Gasteiger partial charge in [-0.2, -0.15) is 0 Å². The zero-order valence-corrected chi connectivity index (χ0v) is 9.12. The molecule has 0 aromatic heterocycles. The maximum atomic E-state index is 9.69. The van der Waals surface area contributed by atoms with E-state index in [0.717, 1.165) is 13.1 Å². The van der Waals surface area contributed by atoms with Crippen LogP contribution in [0.3, 0.4) is 0 Å². The number of rotatable bonds is 3. The number of hydrogen-bond donors (Lipinski definition) is 2. The molecule has 0 aliphatic carbocycles. The van der Waals surface area contributed by atoms with E-state index >= 15 is 0 Å². The molecule has 1 saturated heterocycles. The minimum Gasteiger partial charge on any atom is -0.390 e. The van der Waals surface area contributed by atoms with Crippen LogP contribution in [0.1, 0.15) is 20.8 Å². The van der Waals surface area contributed by atoms with Gasteiger partial charge in [0.2, 0.25) is 0 Å². The first-order valence-electron chi connectivity index (χ1n) is 5.14. The minimum atomic E-state index is -0.203. The van der Waals surface area contributed by atoms with Crippen molar-refractivity contribution in [1.29, 1.82) is 0 Å². The lowest BCUT2D eigenvalue weighted by Gasteiger charge is -2.34. The molecule has 0 radical (unpaired) electrons. The number of likely N-dealkylation sites (N-methyl/N-ethyl adjacent to an activating group) is 1. The molecule has 0 aromatic rings. The number of aliphatic hydroxyl groups is 1. The normalized spacial score (nSPS) is 31.6. The summed E-state index contributed by atoms with van der Waals surface area (Å²) in [5.41, 5.74) is 0. The van der Waals surface area contributed by atoms with Crippen molar-refractivity contribution in [3.8, 4) is 0 Å². The van der Waals surface area contributed by atoms with Crippen LogP contribution in [0.5, 0.6) is 0 Å². The molecule has 1 aliphatic heterocycles. The topological polar surface area (TPSA) is 35.5 Å². The van der Waals surface area contributed by atoms with Gasteiger partial charge >= 0.3 is 0 Å². The first-order valence-corrected chi connectivity index (χ1v) is 5.14. The Balaban J connectivity index is 2.50. The van der Waals surface area contributed by atoms with Gasteiger partial charge in [0.05, 0.1) is 6.10 Å². The van der Waals surface area contributed by atoms with E-state index < -0.39 is 0 Å². The largest absolute Gasteiger partial charge is 0.390 e. The van der Waals surface area contributed by atoms with Crippen LogP contribution in [0.25, 0.3) is 0 Å². The number of nitrogens with zero attached hydrogens (tertiary/aromatic N) is 1. The Morgan fingerprint density at radius 1 is 1.31 bits per heavy atom. The van der Waals surface area contributed by atoms with Crippen molar-refractivity contribution >= 4 is 0 Å². The van der Waals surface area contributed by atoms with Gasteiger partial charge in [-0.3, -0.25) is 4.90 Å². The lowest BCUT2D eigenvalue weighted by atomic mass is 10.0. The third kappa shape index (κ3) is 2.42. The fourth-order valence-corrected chi connectivity index (χ4v) is 1.84. The molecule has 0 amide bonds. The molecule has 1 rings (SSSR count). The summed E-state index contributed by atoms with van der Waals surface area (Å²) < 4.78 is 0. The zero-order chi connectivity index (χ0) is 10.0. The first kappa shape index (κ1) is 11.0. The SMILES string of the molecule is CC(C)C(C)N(C)[C@@H]1CNC[C@H]1O. The van der Waals surface area contributed by atoms with E-state index in [2.05, 4.69) is 38.0 Å². The van der Waals surface area contributed by atoms with Crippen LogP contribution in [-0.4, -0.2) is 48.3 Å². The van der Waals surface area contributed by atoms with Crippen molar-refractivity contribution < 1.29 is 5.11 Å². The Bertz CT molecular complexity index is 161. The molecule has 0 spiro atoms. The second kappa shape index (κ2) is 4.40. The maximum absolute atomic E-state index is 9.69. The average molecular weight is 186 g/mol. The zero-order valence-electron chi connectivity index (χ0n) is 9.12. The Labute approximate surface area is 81.1 Å². The molecule has 1 aliphatic rings. The van der Waals surface area contributed by atoms with Crippen molar-refractivity contribution in [1.82, 2.24) is 10.2 Å². The van der Waals surface area contributed by atoms with Crippen molar-refractivity contribution in [3.63, 3.8) is 0 Å². The van der Waals surface area contributed by atoms with Gasteiger partial charge in [-0.1, -0.05) is 13.8 Å². The Morgan fingerprint density at radius 2 is 1.92 bits per heavy atom. The van der Waals surface area contributed by atoms with E-state index in [1.807, 2.05) is 0 Å². The summed E-state index contributed by atoms with van der Waals surface area (Å²) in [4.78, 5) is 2.29. The standard InChI is InChI=1S/C10H22N2O/c1-7(2)8(3)12(4)9-5-11-6-10(9)13/h7-11,13H,5-6H2,1-4H3/t8?,9-,10-/m1/s1. The van der Waals surface area contributed by atoms with Gasteiger partial charge in [0, 0.05) is 25.2 Å². The van der Waals surface area contributed by atoms with E-state index in [1.54, 1.807) is 0 Å². The number of hydrogen-bond acceptors (Lipinski definition) is 3. The molecule has 3 nitrogen and oxygen atoms in total. The highest BCUT2D eigenvalue weighted by Gasteiger charge is 2.31. The molecular weight excluding hydrogens is 164 g/mol. The number of β-amino-alcohol motifs (C(OH)–C–C–N with tert-alkyl or cyclic N) is 1. The third-order valence-corrected chi connectivity index (χ3v) is 3.28. The third-order valence-electron chi connectivity index (χ3n) is 3.28. The van der Waals surface area contributed by atoms with Crippen LogP contribution in [0.15, 0.2) is 0 Å². The summed E-state index contributed by atoms with van der Waals surface area (Å²) in [5.74, 6) is 0.637. The predicted octanol–water partition coefficient (Wildman–Crippen LogP) is 0.295. The molecule has 0 saturated carbocycles. The Hall–Kier alpha value is -0.120. The molecule has 13 heavy (non-hydrogen) atoms. The van der Waals surface area contributed by atoms with Gasteiger partial charge in [0.15, 0.2) is 0 Å². The quantitative estimate of drug-likeness (QED) is 0.665. The highest BCUT2D eigenvalue weighted by Crippen LogP contribution is 2.15. The van der Waals surface area contributed by atoms with E-state index in [0.29, 0.717) is 12.0 Å². The van der Waals surface area contributed by atoms with Crippen LogP contribution in [0, 0.1) is 5.92 Å². The maximum Gasteiger partial charge on any atom is 0.0831 e. The van der Waals surface area contributed by atoms with Crippen LogP contribution >= 0.6 is 0 Å². The summed E-state index contributed by atoms with van der Waals surface area (Å²) in [6.07, 6.45) is -0.203. The van der Waals surface area contributed by atoms with Crippen molar-refractivity contribution in [2.75, 3.05) is 20.1 Å². The summed E-state index contributed by atoms with van der Waals surface area (Å²) in [7, 11) is 2.10. The van der Waals surface area contributed by atoms with Crippen LogP contribution < -0.4 is 5.32 Å².